The average molecular weight is 557 g/mol. The van der Waals surface area contributed by atoms with Crippen LogP contribution in [0.2, 0.25) is 0 Å². The predicted molar refractivity (Wildman–Crippen MR) is 149 cm³/mol. The molecule has 1 atom stereocenters. The molecular weight excluding hydrogens is 521 g/mol. The quantitative estimate of drug-likeness (QED) is 0.380. The van der Waals surface area contributed by atoms with Crippen molar-refractivity contribution in [1.29, 1.82) is 0 Å². The first-order valence-electron chi connectivity index (χ1n) is 12.7. The number of fused-ring (bicyclic) bond motifs is 2. The van der Waals surface area contributed by atoms with Gasteiger partial charge < -0.3 is 31.1 Å². The van der Waals surface area contributed by atoms with Crippen molar-refractivity contribution in [2.24, 2.45) is 5.73 Å². The van der Waals surface area contributed by atoms with Crippen LogP contribution in [-0.4, -0.2) is 75.2 Å². The Morgan fingerprint density at radius 3 is 2.49 bits per heavy atom. The summed E-state index contributed by atoms with van der Waals surface area (Å²) in [6.07, 6.45) is -1.55. The van der Waals surface area contributed by atoms with Gasteiger partial charge in [-0.05, 0) is 63.7 Å². The van der Waals surface area contributed by atoms with E-state index in [0.717, 1.165) is 73.9 Å². The summed E-state index contributed by atoms with van der Waals surface area (Å²) < 4.78 is 41.5. The number of halogens is 4. The second-order valence-electron chi connectivity index (χ2n) is 10.2. The molecule has 0 aromatic heterocycles. The fraction of sp³-hybridized carbons (Fsp3) is 0.538. The van der Waals surface area contributed by atoms with Crippen molar-refractivity contribution in [1.82, 2.24) is 9.80 Å². The molecule has 1 unspecified atom stereocenters. The van der Waals surface area contributed by atoms with Gasteiger partial charge in [0.15, 0.2) is 0 Å². The van der Waals surface area contributed by atoms with Crippen LogP contribution in [0.5, 0.6) is 0 Å². The van der Waals surface area contributed by atoms with Crippen LogP contribution >= 0.6 is 24.2 Å². The van der Waals surface area contributed by atoms with Crippen LogP contribution in [0.4, 0.5) is 35.9 Å². The number of hydrogen-bond acceptors (Lipinski definition) is 7. The van der Waals surface area contributed by atoms with Crippen LogP contribution in [0.15, 0.2) is 40.1 Å². The fourth-order valence-electron chi connectivity index (χ4n) is 5.35. The van der Waals surface area contributed by atoms with Gasteiger partial charge in [0.25, 0.3) is 0 Å². The van der Waals surface area contributed by atoms with E-state index in [1.807, 2.05) is 0 Å². The third-order valence-electron chi connectivity index (χ3n) is 7.53. The van der Waals surface area contributed by atoms with E-state index in [9.17, 15) is 13.2 Å². The molecule has 3 aliphatic heterocycles. The molecular formula is C26H36ClF3N6S. The maximum absolute atomic E-state index is 13.8. The van der Waals surface area contributed by atoms with E-state index >= 15 is 0 Å². The van der Waals surface area contributed by atoms with Gasteiger partial charge in [0.1, 0.15) is 0 Å². The Hall–Kier alpha value is -1.85. The van der Waals surface area contributed by atoms with E-state index in [2.05, 4.69) is 57.6 Å². The number of rotatable bonds is 6. The molecule has 204 valence electrons. The van der Waals surface area contributed by atoms with Gasteiger partial charge in [0.2, 0.25) is 0 Å². The van der Waals surface area contributed by atoms with Gasteiger partial charge in [-0.15, -0.1) is 12.4 Å². The molecule has 4 N–H and O–H groups in total. The zero-order valence-corrected chi connectivity index (χ0v) is 22.9. The Balaban J connectivity index is 0.00000320. The van der Waals surface area contributed by atoms with E-state index in [0.29, 0.717) is 23.2 Å². The number of likely N-dealkylation sites (N-methyl/N-ethyl adjacent to an activating group) is 1. The lowest BCUT2D eigenvalue weighted by molar-refractivity contribution is -0.137. The summed E-state index contributed by atoms with van der Waals surface area (Å²) in [7, 11) is 4.20. The monoisotopic (exact) mass is 556 g/mol. The molecule has 0 radical (unpaired) electrons. The molecule has 0 bridgehead atoms. The lowest BCUT2D eigenvalue weighted by atomic mass is 10.0. The largest absolute Gasteiger partial charge is 0.416 e. The Bertz CT molecular complexity index is 1090. The summed E-state index contributed by atoms with van der Waals surface area (Å²) in [5, 5.41) is 6.89. The number of hydrogen-bond donors (Lipinski definition) is 3. The van der Waals surface area contributed by atoms with Crippen molar-refractivity contribution >= 4 is 46.9 Å². The van der Waals surface area contributed by atoms with Crippen molar-refractivity contribution in [3.63, 3.8) is 0 Å². The lowest BCUT2D eigenvalue weighted by Crippen LogP contribution is -2.41. The van der Waals surface area contributed by atoms with Gasteiger partial charge >= 0.3 is 6.18 Å². The number of benzene rings is 2. The van der Waals surface area contributed by atoms with Crippen LogP contribution in [0.1, 0.15) is 24.8 Å². The summed E-state index contributed by atoms with van der Waals surface area (Å²) in [6.45, 7) is 5.21. The van der Waals surface area contributed by atoms with Gasteiger partial charge in [-0.25, -0.2) is 0 Å². The summed E-state index contributed by atoms with van der Waals surface area (Å²) in [5.41, 5.74) is 8.35. The van der Waals surface area contributed by atoms with Gasteiger partial charge in [0.05, 0.1) is 22.6 Å². The molecule has 11 heteroatoms. The molecule has 2 saturated heterocycles. The maximum Gasteiger partial charge on any atom is 0.416 e. The van der Waals surface area contributed by atoms with Crippen molar-refractivity contribution < 1.29 is 13.2 Å². The van der Waals surface area contributed by atoms with Crippen LogP contribution in [0.3, 0.4) is 0 Å². The summed E-state index contributed by atoms with van der Waals surface area (Å²) >= 11 is 1.41. The molecule has 2 fully saturated rings. The zero-order chi connectivity index (χ0) is 25.4. The van der Waals surface area contributed by atoms with E-state index < -0.39 is 11.7 Å². The van der Waals surface area contributed by atoms with Crippen LogP contribution < -0.4 is 21.3 Å². The highest BCUT2D eigenvalue weighted by molar-refractivity contribution is 7.99. The summed E-state index contributed by atoms with van der Waals surface area (Å²) in [5.74, 6) is 0. The minimum Gasteiger partial charge on any atom is -0.380 e. The standard InChI is InChI=1S/C26H35F3N6S.ClH/c1-33(2)20-7-11-35(16-20)19-3-4-21-23(15-19)36-24-14-17(26(27,28)29)13-22(25(24)32-21)31-18-5-9-34(10-6-18)12-8-30;/h3-4,13-15,18,20,31-32H,5-12,16,30H2,1-2H3;1H. The van der Waals surface area contributed by atoms with E-state index in [4.69, 9.17) is 5.73 Å². The molecule has 2 aromatic carbocycles. The predicted octanol–water partition coefficient (Wildman–Crippen LogP) is 5.31. The minimum atomic E-state index is -4.41. The lowest BCUT2D eigenvalue weighted by Gasteiger charge is -2.34. The van der Waals surface area contributed by atoms with Gasteiger partial charge in [-0.1, -0.05) is 11.8 Å². The second-order valence-corrected chi connectivity index (χ2v) is 11.3. The van der Waals surface area contributed by atoms with Crippen molar-refractivity contribution in [3.05, 3.63) is 35.9 Å². The number of piperidine rings is 1. The molecule has 0 spiro atoms. The van der Waals surface area contributed by atoms with E-state index in [1.165, 1.54) is 23.9 Å². The van der Waals surface area contributed by atoms with Crippen LogP contribution in [-0.2, 0) is 6.18 Å². The molecule has 2 aromatic rings. The van der Waals surface area contributed by atoms with Crippen LogP contribution in [0.25, 0.3) is 0 Å². The first-order valence-corrected chi connectivity index (χ1v) is 13.5. The number of alkyl halides is 3. The Labute approximate surface area is 227 Å². The van der Waals surface area contributed by atoms with E-state index in [1.54, 1.807) is 0 Å². The van der Waals surface area contributed by atoms with Crippen molar-refractivity contribution in [2.45, 2.75) is 47.3 Å². The van der Waals surface area contributed by atoms with E-state index in [-0.39, 0.29) is 18.4 Å². The first kappa shape index (κ1) is 28.2. The molecule has 6 nitrogen and oxygen atoms in total. The third-order valence-corrected chi connectivity index (χ3v) is 8.63. The molecule has 0 amide bonds. The second kappa shape index (κ2) is 11.5. The highest BCUT2D eigenvalue weighted by Crippen LogP contribution is 2.50. The van der Waals surface area contributed by atoms with Crippen molar-refractivity contribution in [2.75, 3.05) is 68.9 Å². The Morgan fingerprint density at radius 1 is 1.08 bits per heavy atom. The van der Waals surface area contributed by atoms with Gasteiger partial charge in [-0.3, -0.25) is 0 Å². The Kier molecular flexibility index (Phi) is 8.75. The smallest absolute Gasteiger partial charge is 0.380 e. The minimum absolute atomic E-state index is 0. The third kappa shape index (κ3) is 6.25. The molecule has 3 heterocycles. The molecule has 3 aliphatic rings. The first-order chi connectivity index (χ1) is 17.2. The molecule has 0 aliphatic carbocycles. The van der Waals surface area contributed by atoms with Gasteiger partial charge in [0, 0.05) is 66.8 Å². The van der Waals surface area contributed by atoms with Crippen LogP contribution in [0, 0.1) is 0 Å². The fourth-order valence-corrected chi connectivity index (χ4v) is 6.45. The maximum atomic E-state index is 13.8. The number of anilines is 4. The SMILES string of the molecule is CN(C)C1CCN(c2ccc3c(c2)Sc2cc(C(F)(F)F)cc(NC4CCN(CCN)CC4)c2N3)C1.Cl. The van der Waals surface area contributed by atoms with Gasteiger partial charge in [-0.2, -0.15) is 13.2 Å². The number of nitrogens with zero attached hydrogens (tertiary/aromatic N) is 3. The number of nitrogens with one attached hydrogen (secondary N) is 2. The molecule has 0 saturated carbocycles. The summed E-state index contributed by atoms with van der Waals surface area (Å²) in [4.78, 5) is 8.47. The summed E-state index contributed by atoms with van der Waals surface area (Å²) in [6, 6.07) is 9.43. The average Bonchev–Trinajstić information content (AvgIpc) is 3.34. The highest BCUT2D eigenvalue weighted by Gasteiger charge is 2.34. The number of nitrogens with two attached hydrogens (primary N) is 1. The van der Waals surface area contributed by atoms with Crippen molar-refractivity contribution in [3.8, 4) is 0 Å². The zero-order valence-electron chi connectivity index (χ0n) is 21.3. The number of likely N-dealkylation sites (tertiary alicyclic amines) is 1. The molecule has 37 heavy (non-hydrogen) atoms. The topological polar surface area (TPSA) is 59.8 Å². The highest BCUT2D eigenvalue weighted by atomic mass is 35.5. The normalized spacial score (nSPS) is 20.3. The Morgan fingerprint density at radius 2 is 1.84 bits per heavy atom. The molecule has 5 rings (SSSR count).